The predicted octanol–water partition coefficient (Wildman–Crippen LogP) is 3.32. The summed E-state index contributed by atoms with van der Waals surface area (Å²) in [6.07, 6.45) is -4.38. The van der Waals surface area contributed by atoms with Crippen LogP contribution < -0.4 is 4.90 Å². The third-order valence-electron chi connectivity index (χ3n) is 5.50. The van der Waals surface area contributed by atoms with Gasteiger partial charge < -0.3 is 9.80 Å². The number of rotatable bonds is 2. The molecule has 0 aliphatic carbocycles. The molecule has 0 saturated carbocycles. The van der Waals surface area contributed by atoms with Gasteiger partial charge in [-0.1, -0.05) is 12.1 Å². The van der Waals surface area contributed by atoms with Crippen LogP contribution in [0.4, 0.5) is 18.9 Å². The Bertz CT molecular complexity index is 880. The maximum atomic E-state index is 13.3. The molecule has 2 fully saturated rings. The van der Waals surface area contributed by atoms with E-state index in [4.69, 9.17) is 0 Å². The van der Waals surface area contributed by atoms with Gasteiger partial charge in [-0.05, 0) is 32.0 Å². The Balaban J connectivity index is 1.48. The second-order valence-electron chi connectivity index (χ2n) is 7.62. The average molecular weight is 390 g/mol. The predicted molar refractivity (Wildman–Crippen MR) is 98.0 cm³/mol. The van der Waals surface area contributed by atoms with Gasteiger partial charge in [0.1, 0.15) is 0 Å². The second-order valence-corrected chi connectivity index (χ2v) is 7.62. The molecule has 0 radical (unpaired) electrons. The summed E-state index contributed by atoms with van der Waals surface area (Å²) >= 11 is 0. The number of nitrogens with zero attached hydrogens (tertiary/aromatic N) is 4. The average Bonchev–Trinajstić information content (AvgIpc) is 3.18. The molecule has 2 aliphatic heterocycles. The molecule has 1 aromatic carbocycles. The molecule has 4 rings (SSSR count). The lowest BCUT2D eigenvalue weighted by Crippen LogP contribution is -2.34. The van der Waals surface area contributed by atoms with Crippen molar-refractivity contribution in [2.24, 2.45) is 11.8 Å². The highest BCUT2D eigenvalue weighted by Crippen LogP contribution is 2.40. The van der Waals surface area contributed by atoms with Crippen LogP contribution in [0.2, 0.25) is 0 Å². The van der Waals surface area contributed by atoms with Gasteiger partial charge in [0.25, 0.3) is 5.91 Å². The summed E-state index contributed by atoms with van der Waals surface area (Å²) in [5.41, 5.74) is 1.10. The van der Waals surface area contributed by atoms with Gasteiger partial charge in [-0.2, -0.15) is 13.2 Å². The maximum Gasteiger partial charge on any atom is 0.418 e. The standard InChI is InChI=1S/C20H21F3N4O/c1-12-7-13(2)25-18(24-12)19(28)27-10-14-8-26(9-15(14)11-27)17-6-4-3-5-16(17)20(21,22)23/h3-7,14-15H,8-11H2,1-2H3/t14-,15+. The van der Waals surface area contributed by atoms with E-state index in [0.717, 1.165) is 17.5 Å². The van der Waals surface area contributed by atoms with E-state index in [1.807, 2.05) is 19.9 Å². The van der Waals surface area contributed by atoms with Gasteiger partial charge in [0, 0.05) is 55.1 Å². The molecule has 2 aliphatic rings. The van der Waals surface area contributed by atoms with Gasteiger partial charge in [-0.15, -0.1) is 0 Å². The molecule has 28 heavy (non-hydrogen) atoms. The summed E-state index contributed by atoms with van der Waals surface area (Å²) < 4.78 is 40.0. The monoisotopic (exact) mass is 390 g/mol. The van der Waals surface area contributed by atoms with Gasteiger partial charge in [0.2, 0.25) is 5.82 Å². The molecule has 5 nitrogen and oxygen atoms in total. The Morgan fingerprint density at radius 1 is 1.00 bits per heavy atom. The lowest BCUT2D eigenvalue weighted by atomic mass is 10.0. The number of aryl methyl sites for hydroxylation is 2. The first-order valence-electron chi connectivity index (χ1n) is 9.25. The van der Waals surface area contributed by atoms with Crippen molar-refractivity contribution >= 4 is 11.6 Å². The number of hydrogen-bond donors (Lipinski definition) is 0. The van der Waals surface area contributed by atoms with Crippen LogP contribution in [0.25, 0.3) is 0 Å². The first-order valence-corrected chi connectivity index (χ1v) is 9.25. The fourth-order valence-corrected chi connectivity index (χ4v) is 4.31. The number of amides is 1. The number of hydrogen-bond acceptors (Lipinski definition) is 4. The van der Waals surface area contributed by atoms with Crippen LogP contribution in [0.5, 0.6) is 0 Å². The van der Waals surface area contributed by atoms with Crippen molar-refractivity contribution in [3.05, 3.63) is 53.1 Å². The topological polar surface area (TPSA) is 49.3 Å². The minimum Gasteiger partial charge on any atom is -0.370 e. The van der Waals surface area contributed by atoms with Crippen LogP contribution in [0.3, 0.4) is 0 Å². The Morgan fingerprint density at radius 3 is 2.14 bits per heavy atom. The molecule has 0 spiro atoms. The summed E-state index contributed by atoms with van der Waals surface area (Å²) in [5.74, 6) is 0.285. The quantitative estimate of drug-likeness (QED) is 0.789. The van der Waals surface area contributed by atoms with Gasteiger partial charge in [-0.3, -0.25) is 4.79 Å². The second kappa shape index (κ2) is 6.76. The fourth-order valence-electron chi connectivity index (χ4n) is 4.31. The Kier molecular flexibility index (Phi) is 4.51. The molecule has 2 saturated heterocycles. The Morgan fingerprint density at radius 2 is 1.57 bits per heavy atom. The van der Waals surface area contributed by atoms with Crippen LogP contribution in [0, 0.1) is 25.7 Å². The van der Waals surface area contributed by atoms with Crippen LogP contribution in [0.15, 0.2) is 30.3 Å². The SMILES string of the molecule is Cc1cc(C)nc(C(=O)N2C[C@@H]3CN(c4ccccc4C(F)(F)F)C[C@@H]3C2)n1. The van der Waals surface area contributed by atoms with Crippen LogP contribution in [0.1, 0.15) is 27.6 Å². The minimum atomic E-state index is -4.38. The highest BCUT2D eigenvalue weighted by Gasteiger charge is 2.44. The molecule has 1 aromatic heterocycles. The molecule has 148 valence electrons. The van der Waals surface area contributed by atoms with Crippen molar-refractivity contribution in [1.29, 1.82) is 0 Å². The number of aromatic nitrogens is 2. The Labute approximate surface area is 161 Å². The van der Waals surface area contributed by atoms with E-state index >= 15 is 0 Å². The largest absolute Gasteiger partial charge is 0.418 e. The number of halogens is 3. The number of anilines is 1. The smallest absolute Gasteiger partial charge is 0.370 e. The van der Waals surface area contributed by atoms with Crippen molar-refractivity contribution in [2.45, 2.75) is 20.0 Å². The highest BCUT2D eigenvalue weighted by molar-refractivity contribution is 5.90. The first kappa shape index (κ1) is 18.7. The summed E-state index contributed by atoms with van der Waals surface area (Å²) in [7, 11) is 0. The summed E-state index contributed by atoms with van der Waals surface area (Å²) in [6, 6.07) is 7.50. The third-order valence-corrected chi connectivity index (χ3v) is 5.50. The number of carbonyl (C=O) groups excluding carboxylic acids is 1. The number of likely N-dealkylation sites (tertiary alicyclic amines) is 1. The maximum absolute atomic E-state index is 13.3. The summed E-state index contributed by atoms with van der Waals surface area (Å²) in [6.45, 7) is 5.69. The molecule has 3 heterocycles. The summed E-state index contributed by atoms with van der Waals surface area (Å²) in [4.78, 5) is 24.8. The van der Waals surface area contributed by atoms with Crippen LogP contribution >= 0.6 is 0 Å². The van der Waals surface area contributed by atoms with Crippen molar-refractivity contribution < 1.29 is 18.0 Å². The molecule has 8 heteroatoms. The number of para-hydroxylation sites is 1. The van der Waals surface area contributed by atoms with Crippen molar-refractivity contribution in [2.75, 3.05) is 31.1 Å². The zero-order valence-electron chi connectivity index (χ0n) is 15.7. The van der Waals surface area contributed by atoms with E-state index < -0.39 is 11.7 Å². The van der Waals surface area contributed by atoms with Crippen LogP contribution in [-0.2, 0) is 6.18 Å². The van der Waals surface area contributed by atoms with Gasteiger partial charge in [-0.25, -0.2) is 9.97 Å². The highest BCUT2D eigenvalue weighted by atomic mass is 19.4. The van der Waals surface area contributed by atoms with E-state index in [0.29, 0.717) is 26.2 Å². The number of benzene rings is 1. The van der Waals surface area contributed by atoms with Crippen molar-refractivity contribution in [3.8, 4) is 0 Å². The number of fused-ring (bicyclic) bond motifs is 1. The van der Waals surface area contributed by atoms with E-state index in [1.54, 1.807) is 15.9 Å². The van der Waals surface area contributed by atoms with E-state index in [-0.39, 0.29) is 29.3 Å². The third kappa shape index (κ3) is 3.43. The van der Waals surface area contributed by atoms with Crippen molar-refractivity contribution in [3.63, 3.8) is 0 Å². The molecule has 0 N–H and O–H groups in total. The molecule has 1 amide bonds. The minimum absolute atomic E-state index is 0.149. The fraction of sp³-hybridized carbons (Fsp3) is 0.450. The lowest BCUT2D eigenvalue weighted by Gasteiger charge is -2.25. The molecule has 0 bridgehead atoms. The normalized spacial score (nSPS) is 21.9. The van der Waals surface area contributed by atoms with Gasteiger partial charge in [0.15, 0.2) is 0 Å². The van der Waals surface area contributed by atoms with Gasteiger partial charge in [0.05, 0.1) is 5.56 Å². The van der Waals surface area contributed by atoms with E-state index in [2.05, 4.69) is 9.97 Å². The summed E-state index contributed by atoms with van der Waals surface area (Å²) in [5, 5.41) is 0. The number of carbonyl (C=O) groups is 1. The Hall–Kier alpha value is -2.64. The van der Waals surface area contributed by atoms with E-state index in [1.165, 1.54) is 12.1 Å². The lowest BCUT2D eigenvalue weighted by molar-refractivity contribution is -0.137. The zero-order valence-corrected chi connectivity index (χ0v) is 15.7. The van der Waals surface area contributed by atoms with Gasteiger partial charge >= 0.3 is 6.18 Å². The molecule has 0 unspecified atom stereocenters. The van der Waals surface area contributed by atoms with E-state index in [9.17, 15) is 18.0 Å². The molecule has 2 aromatic rings. The zero-order chi connectivity index (χ0) is 20.1. The molecular weight excluding hydrogens is 369 g/mol. The van der Waals surface area contributed by atoms with Crippen molar-refractivity contribution in [1.82, 2.24) is 14.9 Å². The molecule has 2 atom stereocenters. The number of alkyl halides is 3. The molecular formula is C20H21F3N4O. The first-order chi connectivity index (χ1) is 13.2. The van der Waals surface area contributed by atoms with Crippen LogP contribution in [-0.4, -0.2) is 47.0 Å².